The van der Waals surface area contributed by atoms with Crippen LogP contribution in [0, 0.1) is 10.1 Å². The van der Waals surface area contributed by atoms with Gasteiger partial charge in [0.05, 0.1) is 4.92 Å². The zero-order chi connectivity index (χ0) is 18.5. The molecule has 0 spiro atoms. The highest BCUT2D eigenvalue weighted by molar-refractivity contribution is 5.74. The van der Waals surface area contributed by atoms with E-state index >= 15 is 0 Å². The lowest BCUT2D eigenvalue weighted by Crippen LogP contribution is -2.46. The molecule has 3 rings (SSSR count). The summed E-state index contributed by atoms with van der Waals surface area (Å²) in [5.41, 5.74) is 1.91. The van der Waals surface area contributed by atoms with Crippen molar-refractivity contribution in [2.24, 2.45) is 0 Å². The third-order valence-corrected chi connectivity index (χ3v) is 4.73. The van der Waals surface area contributed by atoms with Gasteiger partial charge >= 0.3 is 5.69 Å². The Morgan fingerprint density at radius 1 is 1.12 bits per heavy atom. The molecule has 138 valence electrons. The van der Waals surface area contributed by atoms with Gasteiger partial charge in [-0.05, 0) is 30.7 Å². The average molecular weight is 356 g/mol. The minimum atomic E-state index is -0.399. The molecule has 8 heteroatoms. The van der Waals surface area contributed by atoms with Gasteiger partial charge in [0.15, 0.2) is 0 Å². The first-order valence-electron chi connectivity index (χ1n) is 8.95. The topological polar surface area (TPSA) is 87.4 Å². The fourth-order valence-corrected chi connectivity index (χ4v) is 3.10. The van der Waals surface area contributed by atoms with E-state index in [1.165, 1.54) is 11.9 Å². The number of piperazine rings is 1. The van der Waals surface area contributed by atoms with Crippen LogP contribution >= 0.6 is 0 Å². The predicted molar refractivity (Wildman–Crippen MR) is 102 cm³/mol. The zero-order valence-electron chi connectivity index (χ0n) is 15.2. The van der Waals surface area contributed by atoms with E-state index in [1.54, 1.807) is 0 Å². The molecule has 1 aliphatic heterocycles. The van der Waals surface area contributed by atoms with Crippen LogP contribution in [0.2, 0.25) is 0 Å². The van der Waals surface area contributed by atoms with Gasteiger partial charge in [0.25, 0.3) is 0 Å². The van der Waals surface area contributed by atoms with E-state index in [1.807, 2.05) is 29.2 Å². The smallest absolute Gasteiger partial charge is 0.348 e. The van der Waals surface area contributed by atoms with Gasteiger partial charge in [-0.15, -0.1) is 0 Å². The van der Waals surface area contributed by atoms with Crippen molar-refractivity contribution in [1.29, 1.82) is 0 Å². The van der Waals surface area contributed by atoms with Gasteiger partial charge in [-0.1, -0.05) is 26.0 Å². The molecule has 0 saturated carbocycles. The van der Waals surface area contributed by atoms with Crippen LogP contribution in [0.3, 0.4) is 0 Å². The number of aryl methyl sites for hydroxylation is 1. The van der Waals surface area contributed by atoms with Gasteiger partial charge in [-0.2, -0.15) is 0 Å². The number of hydrogen-bond donors (Lipinski definition) is 1. The summed E-state index contributed by atoms with van der Waals surface area (Å²) >= 11 is 0. The van der Waals surface area contributed by atoms with E-state index in [-0.39, 0.29) is 11.5 Å². The average Bonchev–Trinajstić information content (AvgIpc) is 2.68. The number of anilines is 3. The van der Waals surface area contributed by atoms with E-state index in [4.69, 9.17) is 0 Å². The molecule has 1 N–H and O–H groups in total. The monoisotopic (exact) mass is 356 g/mol. The minimum Gasteiger partial charge on any atom is -0.348 e. The Bertz CT molecular complexity index is 757. The van der Waals surface area contributed by atoms with Crippen LogP contribution in [0.4, 0.5) is 23.0 Å². The molecule has 1 saturated heterocycles. The van der Waals surface area contributed by atoms with Crippen molar-refractivity contribution in [3.63, 3.8) is 0 Å². The molecule has 0 atom stereocenters. The standard InChI is InChI=1S/C18H24N6O2/c1-3-14-5-7-15(8-6-14)21-17-16(24(25)26)18(20-13-19-17)23-11-9-22(4-2)10-12-23/h5-8,13H,3-4,9-12H2,1-2H3,(H,19,20,21). The van der Waals surface area contributed by atoms with Crippen molar-refractivity contribution in [3.8, 4) is 0 Å². The van der Waals surface area contributed by atoms with Crippen molar-refractivity contribution in [2.75, 3.05) is 42.9 Å². The zero-order valence-corrected chi connectivity index (χ0v) is 15.2. The van der Waals surface area contributed by atoms with Crippen LogP contribution in [0.15, 0.2) is 30.6 Å². The number of nitrogens with one attached hydrogen (secondary N) is 1. The van der Waals surface area contributed by atoms with E-state index in [0.717, 1.165) is 44.8 Å². The molecule has 2 aromatic rings. The molecular weight excluding hydrogens is 332 g/mol. The maximum absolute atomic E-state index is 11.7. The van der Waals surface area contributed by atoms with Gasteiger partial charge in [-0.25, -0.2) is 9.97 Å². The minimum absolute atomic E-state index is 0.0722. The molecule has 2 heterocycles. The molecule has 1 aromatic heterocycles. The van der Waals surface area contributed by atoms with E-state index < -0.39 is 4.92 Å². The first-order chi connectivity index (χ1) is 12.6. The largest absolute Gasteiger partial charge is 0.353 e. The lowest BCUT2D eigenvalue weighted by Gasteiger charge is -2.34. The van der Waals surface area contributed by atoms with Gasteiger partial charge < -0.3 is 15.1 Å². The summed E-state index contributed by atoms with van der Waals surface area (Å²) in [6, 6.07) is 7.81. The summed E-state index contributed by atoms with van der Waals surface area (Å²) in [6.07, 6.45) is 2.33. The molecule has 0 amide bonds. The number of rotatable bonds is 6. The van der Waals surface area contributed by atoms with Crippen LogP contribution in [0.1, 0.15) is 19.4 Å². The van der Waals surface area contributed by atoms with Crippen LogP contribution in [-0.2, 0) is 6.42 Å². The van der Waals surface area contributed by atoms with Crippen molar-refractivity contribution in [1.82, 2.24) is 14.9 Å². The normalized spacial score (nSPS) is 15.1. The van der Waals surface area contributed by atoms with Crippen LogP contribution in [0.5, 0.6) is 0 Å². The lowest BCUT2D eigenvalue weighted by atomic mass is 10.1. The third-order valence-electron chi connectivity index (χ3n) is 4.73. The highest BCUT2D eigenvalue weighted by Gasteiger charge is 2.29. The number of aromatic nitrogens is 2. The van der Waals surface area contributed by atoms with Gasteiger partial charge in [0, 0.05) is 31.9 Å². The van der Waals surface area contributed by atoms with E-state index in [2.05, 4.69) is 34.0 Å². The van der Waals surface area contributed by atoms with E-state index in [9.17, 15) is 10.1 Å². The fourth-order valence-electron chi connectivity index (χ4n) is 3.10. The van der Waals surface area contributed by atoms with Crippen LogP contribution in [-0.4, -0.2) is 52.5 Å². The first kappa shape index (κ1) is 18.1. The molecule has 26 heavy (non-hydrogen) atoms. The summed E-state index contributed by atoms with van der Waals surface area (Å²) in [4.78, 5) is 24.0. The van der Waals surface area contributed by atoms with Crippen molar-refractivity contribution in [2.45, 2.75) is 20.3 Å². The SMILES string of the molecule is CCc1ccc(Nc2ncnc(N3CCN(CC)CC3)c2[N+](=O)[O-])cc1. The maximum Gasteiger partial charge on any atom is 0.353 e. The van der Waals surface area contributed by atoms with Gasteiger partial charge in [0.1, 0.15) is 6.33 Å². The van der Waals surface area contributed by atoms with Crippen LogP contribution in [0.25, 0.3) is 0 Å². The second-order valence-corrected chi connectivity index (χ2v) is 6.25. The molecule has 1 fully saturated rings. The lowest BCUT2D eigenvalue weighted by molar-refractivity contribution is -0.383. The van der Waals surface area contributed by atoms with Crippen molar-refractivity contribution in [3.05, 3.63) is 46.3 Å². The molecule has 0 unspecified atom stereocenters. The Hall–Kier alpha value is -2.74. The Balaban J connectivity index is 1.87. The third kappa shape index (κ3) is 3.91. The van der Waals surface area contributed by atoms with E-state index in [0.29, 0.717) is 5.82 Å². The van der Waals surface area contributed by atoms with Crippen molar-refractivity contribution >= 4 is 23.0 Å². The van der Waals surface area contributed by atoms with Gasteiger partial charge in [-0.3, -0.25) is 10.1 Å². The number of benzene rings is 1. The second kappa shape index (κ2) is 8.09. The summed E-state index contributed by atoms with van der Waals surface area (Å²) < 4.78 is 0. The molecule has 0 aliphatic carbocycles. The first-order valence-corrected chi connectivity index (χ1v) is 8.95. The number of likely N-dealkylation sites (N-methyl/N-ethyl adjacent to an activating group) is 1. The van der Waals surface area contributed by atoms with Gasteiger partial charge in [0.2, 0.25) is 11.6 Å². The molecular formula is C18H24N6O2. The highest BCUT2D eigenvalue weighted by atomic mass is 16.6. The summed E-state index contributed by atoms with van der Waals surface area (Å²) in [5.74, 6) is 0.607. The Kier molecular flexibility index (Phi) is 5.62. The number of hydrogen-bond acceptors (Lipinski definition) is 7. The molecule has 8 nitrogen and oxygen atoms in total. The molecule has 1 aromatic carbocycles. The quantitative estimate of drug-likeness (QED) is 0.629. The Morgan fingerprint density at radius 3 is 2.38 bits per heavy atom. The summed E-state index contributed by atoms with van der Waals surface area (Å²) in [6.45, 7) is 8.38. The Labute approximate surface area is 153 Å². The summed E-state index contributed by atoms with van der Waals surface area (Å²) in [7, 11) is 0. The van der Waals surface area contributed by atoms with Crippen molar-refractivity contribution < 1.29 is 4.92 Å². The number of nitro groups is 1. The fraction of sp³-hybridized carbons (Fsp3) is 0.444. The Morgan fingerprint density at radius 2 is 1.81 bits per heavy atom. The summed E-state index contributed by atoms with van der Waals surface area (Å²) in [5, 5.41) is 14.8. The maximum atomic E-state index is 11.7. The number of nitrogens with zero attached hydrogens (tertiary/aromatic N) is 5. The molecule has 0 radical (unpaired) electrons. The van der Waals surface area contributed by atoms with Crippen LogP contribution < -0.4 is 10.2 Å². The molecule has 0 bridgehead atoms. The predicted octanol–water partition coefficient (Wildman–Crippen LogP) is 2.83. The highest BCUT2D eigenvalue weighted by Crippen LogP contribution is 2.34. The molecule has 1 aliphatic rings. The second-order valence-electron chi connectivity index (χ2n) is 6.25.